The number of unbranched alkanes of at least 4 members (excludes halogenated alkanes) is 1. The van der Waals surface area contributed by atoms with Crippen LogP contribution in [0.5, 0.6) is 5.75 Å². The van der Waals surface area contributed by atoms with Crippen molar-refractivity contribution in [3.8, 4) is 16.9 Å². The Labute approximate surface area is 244 Å². The lowest BCUT2D eigenvalue weighted by Crippen LogP contribution is -2.37. The number of ether oxygens (including phenoxy) is 1. The van der Waals surface area contributed by atoms with Gasteiger partial charge in [0, 0.05) is 17.7 Å². The quantitative estimate of drug-likeness (QED) is 0.178. The molecule has 2 aliphatic rings. The zero-order chi connectivity index (χ0) is 29.9. The van der Waals surface area contributed by atoms with E-state index in [1.54, 1.807) is 6.07 Å². The van der Waals surface area contributed by atoms with Crippen molar-refractivity contribution in [3.63, 3.8) is 0 Å². The molecule has 0 heterocycles. The van der Waals surface area contributed by atoms with Gasteiger partial charge in [-0.2, -0.15) is 8.78 Å². The molecule has 226 valence electrons. The third-order valence-corrected chi connectivity index (χ3v) is 9.38. The van der Waals surface area contributed by atoms with Crippen LogP contribution in [-0.2, 0) is 0 Å². The summed E-state index contributed by atoms with van der Waals surface area (Å²) in [6.45, 7) is 2.23. The van der Waals surface area contributed by atoms with Crippen molar-refractivity contribution in [2.24, 2.45) is 11.8 Å². The molecule has 0 unspecified atom stereocenters. The first-order chi connectivity index (χ1) is 20.1. The first-order valence-electron chi connectivity index (χ1n) is 15.3. The molecule has 2 fully saturated rings. The molecule has 7 heteroatoms. The van der Waals surface area contributed by atoms with Crippen LogP contribution in [0.15, 0.2) is 54.6 Å². The maximum absolute atomic E-state index is 15.2. The van der Waals surface area contributed by atoms with E-state index in [0.717, 1.165) is 35.4 Å². The Morgan fingerprint density at radius 3 is 1.86 bits per heavy atom. The summed E-state index contributed by atoms with van der Waals surface area (Å²) in [5.41, 5.74) is 3.41. The lowest BCUT2D eigenvalue weighted by molar-refractivity contribution is -0.222. The summed E-state index contributed by atoms with van der Waals surface area (Å²) in [7, 11) is 0. The molecule has 3 aromatic rings. The van der Waals surface area contributed by atoms with Crippen LogP contribution in [0.4, 0.5) is 26.3 Å². The minimum absolute atomic E-state index is 0.0616. The molecule has 5 rings (SSSR count). The Balaban J connectivity index is 1.16. The molecule has 0 radical (unpaired) electrons. The van der Waals surface area contributed by atoms with E-state index in [1.165, 1.54) is 32.1 Å². The van der Waals surface area contributed by atoms with Gasteiger partial charge in [-0.05, 0) is 91.9 Å². The molecule has 0 atom stereocenters. The summed E-state index contributed by atoms with van der Waals surface area (Å²) in [5.74, 6) is -5.71. The lowest BCUT2D eigenvalue weighted by atomic mass is 9.77. The fraction of sp³-hybridized carbons (Fsp3) is 0.486. The van der Waals surface area contributed by atoms with E-state index in [2.05, 4.69) is 17.7 Å². The average molecular weight is 589 g/mol. The van der Waals surface area contributed by atoms with E-state index in [1.807, 2.05) is 30.3 Å². The van der Waals surface area contributed by atoms with Crippen LogP contribution in [0.1, 0.15) is 101 Å². The SMILES string of the molecule is CCCCC1CCC(c2ccc(-c3ccc(C4CCC(C(F)(F)Oc5cc(F)c(F)c(F)c5)CC4)cc3)c(F)c2)CC1. The summed E-state index contributed by atoms with van der Waals surface area (Å²) >= 11 is 0. The van der Waals surface area contributed by atoms with Crippen LogP contribution in [0, 0.1) is 35.1 Å². The third-order valence-electron chi connectivity index (χ3n) is 9.38. The van der Waals surface area contributed by atoms with Gasteiger partial charge in [0.25, 0.3) is 0 Å². The van der Waals surface area contributed by atoms with E-state index in [4.69, 9.17) is 0 Å². The van der Waals surface area contributed by atoms with Crippen LogP contribution in [-0.4, -0.2) is 6.11 Å². The smallest absolute Gasteiger partial charge is 0.400 e. The highest BCUT2D eigenvalue weighted by atomic mass is 19.3. The Morgan fingerprint density at radius 1 is 0.690 bits per heavy atom. The first kappa shape index (κ1) is 30.5. The largest absolute Gasteiger partial charge is 0.432 e. The number of halogens is 6. The van der Waals surface area contributed by atoms with Crippen molar-refractivity contribution in [1.29, 1.82) is 0 Å². The molecule has 42 heavy (non-hydrogen) atoms. The monoisotopic (exact) mass is 588 g/mol. The average Bonchev–Trinajstić information content (AvgIpc) is 2.99. The number of benzene rings is 3. The van der Waals surface area contributed by atoms with Gasteiger partial charge in [0.2, 0.25) is 0 Å². The van der Waals surface area contributed by atoms with Crippen LogP contribution >= 0.6 is 0 Å². The van der Waals surface area contributed by atoms with Crippen LogP contribution < -0.4 is 4.74 Å². The van der Waals surface area contributed by atoms with Crippen molar-refractivity contribution in [3.05, 3.63) is 89.0 Å². The fourth-order valence-electron chi connectivity index (χ4n) is 6.83. The van der Waals surface area contributed by atoms with E-state index >= 15 is 4.39 Å². The number of alkyl halides is 2. The molecule has 0 saturated heterocycles. The number of hydrogen-bond donors (Lipinski definition) is 0. The summed E-state index contributed by atoms with van der Waals surface area (Å²) < 4.78 is 89.4. The van der Waals surface area contributed by atoms with Crippen LogP contribution in [0.3, 0.4) is 0 Å². The molecule has 1 nitrogen and oxygen atoms in total. The molecular formula is C35H38F6O. The molecule has 2 saturated carbocycles. The first-order valence-corrected chi connectivity index (χ1v) is 15.3. The summed E-state index contributed by atoms with van der Waals surface area (Å²) in [5, 5.41) is 0. The minimum atomic E-state index is -3.65. The Hall–Kier alpha value is -2.96. The topological polar surface area (TPSA) is 9.23 Å². The highest BCUT2D eigenvalue weighted by molar-refractivity contribution is 5.65. The van der Waals surface area contributed by atoms with Gasteiger partial charge >= 0.3 is 6.11 Å². The Morgan fingerprint density at radius 2 is 1.26 bits per heavy atom. The summed E-state index contributed by atoms with van der Waals surface area (Å²) in [6, 6.07) is 14.1. The van der Waals surface area contributed by atoms with Crippen molar-refractivity contribution >= 4 is 0 Å². The molecule has 2 aliphatic carbocycles. The molecule has 3 aromatic carbocycles. The van der Waals surface area contributed by atoms with Gasteiger partial charge in [-0.1, -0.05) is 62.6 Å². The third kappa shape index (κ3) is 6.98. The predicted octanol–water partition coefficient (Wildman–Crippen LogP) is 11.3. The standard InChI is InChI=1S/C35H38F6O/c1-2-3-4-22-5-7-25(8-6-22)27-15-18-30(31(36)19-27)26-11-9-23(10-12-26)24-13-16-28(17-14-24)35(40,41)42-29-20-32(37)34(39)33(38)21-29/h9-12,15,18-22,24-25,28H,2-8,13-14,16-17H2,1H3. The van der Waals surface area contributed by atoms with Gasteiger partial charge in [-0.15, -0.1) is 0 Å². The van der Waals surface area contributed by atoms with Gasteiger partial charge in [-0.25, -0.2) is 17.6 Å². The van der Waals surface area contributed by atoms with Crippen molar-refractivity contribution < 1.29 is 31.1 Å². The molecule has 0 N–H and O–H groups in total. The zero-order valence-corrected chi connectivity index (χ0v) is 24.0. The van der Waals surface area contributed by atoms with E-state index in [-0.39, 0.29) is 24.6 Å². The van der Waals surface area contributed by atoms with Crippen molar-refractivity contribution in [2.45, 2.75) is 95.5 Å². The van der Waals surface area contributed by atoms with Crippen molar-refractivity contribution in [2.75, 3.05) is 0 Å². The maximum atomic E-state index is 15.2. The Bertz CT molecular complexity index is 1320. The van der Waals surface area contributed by atoms with E-state index in [0.29, 0.717) is 36.5 Å². The second kappa shape index (κ2) is 13.1. The van der Waals surface area contributed by atoms with Gasteiger partial charge in [0.1, 0.15) is 11.6 Å². The van der Waals surface area contributed by atoms with Gasteiger partial charge in [0.15, 0.2) is 17.5 Å². The molecule has 0 bridgehead atoms. The summed E-state index contributed by atoms with van der Waals surface area (Å²) in [4.78, 5) is 0. The minimum Gasteiger partial charge on any atom is -0.432 e. The van der Waals surface area contributed by atoms with Crippen molar-refractivity contribution in [1.82, 2.24) is 0 Å². The van der Waals surface area contributed by atoms with E-state index in [9.17, 15) is 22.0 Å². The highest BCUT2D eigenvalue weighted by Crippen LogP contribution is 2.44. The zero-order valence-electron chi connectivity index (χ0n) is 24.0. The van der Waals surface area contributed by atoms with Gasteiger partial charge < -0.3 is 4.74 Å². The normalized spacial score (nSPS) is 23.1. The molecule has 0 spiro atoms. The number of rotatable bonds is 9. The molecule has 0 amide bonds. The van der Waals surface area contributed by atoms with Crippen LogP contribution in [0.2, 0.25) is 0 Å². The second-order valence-electron chi connectivity index (χ2n) is 12.1. The molecule has 0 aromatic heterocycles. The van der Waals surface area contributed by atoms with E-state index < -0.39 is 35.2 Å². The summed E-state index contributed by atoms with van der Waals surface area (Å²) in [6.07, 6.45) is 6.12. The fourth-order valence-corrected chi connectivity index (χ4v) is 6.83. The Kier molecular flexibility index (Phi) is 9.54. The maximum Gasteiger partial charge on any atom is 0.400 e. The van der Waals surface area contributed by atoms with Gasteiger partial charge in [-0.3, -0.25) is 0 Å². The predicted molar refractivity (Wildman–Crippen MR) is 153 cm³/mol. The molecule has 0 aliphatic heterocycles. The molecular weight excluding hydrogens is 550 g/mol. The number of hydrogen-bond acceptors (Lipinski definition) is 1. The van der Waals surface area contributed by atoms with Gasteiger partial charge in [0.05, 0.1) is 5.92 Å². The lowest BCUT2D eigenvalue weighted by Gasteiger charge is -2.33. The van der Waals surface area contributed by atoms with Crippen LogP contribution in [0.25, 0.3) is 11.1 Å². The highest BCUT2D eigenvalue weighted by Gasteiger charge is 2.44. The second-order valence-corrected chi connectivity index (χ2v) is 12.1.